The first-order valence-corrected chi connectivity index (χ1v) is 42.5. The van der Waals surface area contributed by atoms with Gasteiger partial charge >= 0.3 is 17.9 Å². The molecule has 0 rings (SSSR count). The van der Waals surface area contributed by atoms with Gasteiger partial charge in [-0.1, -0.05) is 415 Å². The van der Waals surface area contributed by atoms with Crippen LogP contribution in [-0.4, -0.2) is 87.4 Å². The Kier molecular flexibility index (Phi) is 76.3. The molecule has 0 aliphatic rings. The molecule has 0 amide bonds. The van der Waals surface area contributed by atoms with E-state index < -0.39 is 18.4 Å². The highest BCUT2D eigenvalue weighted by atomic mass is 16.7. The molecule has 0 fully saturated rings. The van der Waals surface area contributed by atoms with Crippen molar-refractivity contribution >= 4 is 17.9 Å². The Morgan fingerprint density at radius 1 is 0.320 bits per heavy atom. The first kappa shape index (κ1) is 94.0. The summed E-state index contributed by atoms with van der Waals surface area (Å²) < 4.78 is 23.1. The van der Waals surface area contributed by atoms with Crippen LogP contribution in [0.25, 0.3) is 0 Å². The maximum Gasteiger partial charge on any atom is 0.361 e. The number of carboxylic acids is 1. The Labute approximate surface area is 603 Å². The highest BCUT2D eigenvalue weighted by molar-refractivity contribution is 5.71. The van der Waals surface area contributed by atoms with Crippen LogP contribution < -0.4 is 0 Å². The van der Waals surface area contributed by atoms with E-state index in [4.69, 9.17) is 18.9 Å². The zero-order chi connectivity index (χ0) is 70.4. The third kappa shape index (κ3) is 80.2. The summed E-state index contributed by atoms with van der Waals surface area (Å²) in [5.74, 6) is -1.97. The van der Waals surface area contributed by atoms with Crippen LogP contribution >= 0.6 is 0 Å². The number of carbonyl (C=O) groups is 3. The highest BCUT2D eigenvalue weighted by Crippen LogP contribution is 2.20. The molecule has 0 aromatic carbocycles. The van der Waals surface area contributed by atoms with Gasteiger partial charge in [-0.25, -0.2) is 4.79 Å². The predicted octanol–water partition coefficient (Wildman–Crippen LogP) is 27.4. The van der Waals surface area contributed by atoms with Crippen molar-refractivity contribution < 1.29 is 42.9 Å². The molecular weight excluding hydrogens is 1200 g/mol. The van der Waals surface area contributed by atoms with Crippen molar-refractivity contribution in [1.29, 1.82) is 0 Å². The quantitative estimate of drug-likeness (QED) is 0.0211. The molecule has 9 nitrogen and oxygen atoms in total. The first-order chi connectivity index (χ1) is 47.6. The van der Waals surface area contributed by atoms with E-state index in [1.54, 1.807) is 0 Å². The van der Waals surface area contributed by atoms with Crippen molar-refractivity contribution in [3.05, 3.63) is 60.8 Å². The predicted molar refractivity (Wildman–Crippen MR) is 420 cm³/mol. The fourth-order valence-corrected chi connectivity index (χ4v) is 12.9. The number of carboxylic acid groups (broad SMARTS) is 1. The molecule has 568 valence electrons. The maximum atomic E-state index is 13.0. The molecule has 0 heterocycles. The molecule has 1 N–H and O–H groups in total. The number of hydrogen-bond acceptors (Lipinski definition) is 7. The Morgan fingerprint density at radius 3 is 0.876 bits per heavy atom. The lowest BCUT2D eigenvalue weighted by molar-refractivity contribution is -0.870. The molecule has 0 radical (unpaired) electrons. The Hall–Kier alpha value is -3.01. The monoisotopic (exact) mass is 1360 g/mol. The number of rotatable bonds is 80. The largest absolute Gasteiger partial charge is 0.477 e. The second kappa shape index (κ2) is 78.7. The zero-order valence-corrected chi connectivity index (χ0v) is 65.3. The van der Waals surface area contributed by atoms with Gasteiger partial charge in [0.25, 0.3) is 6.29 Å². The summed E-state index contributed by atoms with van der Waals surface area (Å²) in [5.41, 5.74) is 0. The summed E-state index contributed by atoms with van der Waals surface area (Å²) in [6, 6.07) is 0. The van der Waals surface area contributed by atoms with Crippen molar-refractivity contribution in [3.63, 3.8) is 0 Å². The topological polar surface area (TPSA) is 108 Å². The van der Waals surface area contributed by atoms with Crippen LogP contribution in [0.3, 0.4) is 0 Å². The van der Waals surface area contributed by atoms with Crippen LogP contribution in [0.15, 0.2) is 60.8 Å². The van der Waals surface area contributed by atoms with E-state index in [0.717, 1.165) is 70.6 Å². The van der Waals surface area contributed by atoms with Gasteiger partial charge in [-0.2, -0.15) is 0 Å². The fraction of sp³-hybridized carbons (Fsp3) is 0.852. The van der Waals surface area contributed by atoms with Gasteiger partial charge in [0.1, 0.15) is 13.2 Å². The molecule has 97 heavy (non-hydrogen) atoms. The third-order valence-corrected chi connectivity index (χ3v) is 19.3. The first-order valence-electron chi connectivity index (χ1n) is 42.5. The minimum absolute atomic E-state index is 0.175. The second-order valence-corrected chi connectivity index (χ2v) is 30.1. The molecule has 0 bridgehead atoms. The summed E-state index contributed by atoms with van der Waals surface area (Å²) in [6.07, 6.45) is 103. The molecule has 2 unspecified atom stereocenters. The average Bonchev–Trinajstić information content (AvgIpc) is 2.39. The lowest BCUT2D eigenvalue weighted by Crippen LogP contribution is -2.40. The van der Waals surface area contributed by atoms with E-state index >= 15 is 0 Å². The maximum absolute atomic E-state index is 13.0. The van der Waals surface area contributed by atoms with E-state index in [0.29, 0.717) is 17.4 Å². The molecule has 0 aliphatic heterocycles. The number of esters is 2. The Balaban J connectivity index is 3.93. The third-order valence-electron chi connectivity index (χ3n) is 19.3. The normalized spacial score (nSPS) is 12.9. The number of quaternary nitrogens is 1. The van der Waals surface area contributed by atoms with Gasteiger partial charge in [0, 0.05) is 12.8 Å². The number of allylic oxidation sites excluding steroid dienone is 10. The minimum atomic E-state index is -1.51. The molecule has 0 aromatic heterocycles. The van der Waals surface area contributed by atoms with Crippen LogP contribution in [0.5, 0.6) is 0 Å². The standard InChI is InChI=1S/C88H163NO8/c1-6-8-10-12-14-16-18-20-22-24-26-28-30-32-34-36-38-40-41-42-43-44-45-47-49-51-53-55-57-59-61-63-65-67-69-71-73-75-77-79-86(91)97-84(83-96-88(87(92)93)94-81-80-89(3,4)5)82-95-85(90)78-76-74-72-70-68-66-64-62-60-58-56-54-52-50-48-46-39-37-35-33-31-29-27-25-23-21-19-17-15-13-11-9-7-2/h8,10,14,16,20,22,26,28,32,34,84,88H,6-7,9,11-13,15,17-19,21,23-25,27,29-31,33,35-83H2,1-5H3/p+1/b10-8-,16-14-,22-20-,28-26-,34-32-. The second-order valence-electron chi connectivity index (χ2n) is 30.1. The Morgan fingerprint density at radius 2 is 0.588 bits per heavy atom. The molecule has 0 spiro atoms. The number of aliphatic carboxylic acids is 1. The van der Waals surface area contributed by atoms with Crippen molar-refractivity contribution in [1.82, 2.24) is 0 Å². The van der Waals surface area contributed by atoms with Crippen LogP contribution in [0.4, 0.5) is 0 Å². The summed E-state index contributed by atoms with van der Waals surface area (Å²) in [5, 5.41) is 9.78. The summed E-state index contributed by atoms with van der Waals surface area (Å²) in [4.78, 5) is 37.8. The van der Waals surface area contributed by atoms with Crippen LogP contribution in [0, 0.1) is 0 Å². The van der Waals surface area contributed by atoms with Crippen molar-refractivity contribution in [2.75, 3.05) is 47.5 Å². The lowest BCUT2D eigenvalue weighted by atomic mass is 10.0. The minimum Gasteiger partial charge on any atom is -0.477 e. The lowest BCUT2D eigenvalue weighted by Gasteiger charge is -2.25. The van der Waals surface area contributed by atoms with Crippen LogP contribution in [-0.2, 0) is 33.3 Å². The molecule has 0 saturated heterocycles. The highest BCUT2D eigenvalue weighted by Gasteiger charge is 2.25. The molecule has 0 aliphatic carbocycles. The van der Waals surface area contributed by atoms with E-state index in [2.05, 4.69) is 74.6 Å². The van der Waals surface area contributed by atoms with Crippen LogP contribution in [0.1, 0.15) is 425 Å². The van der Waals surface area contributed by atoms with Gasteiger partial charge in [-0.15, -0.1) is 0 Å². The fourth-order valence-electron chi connectivity index (χ4n) is 12.9. The van der Waals surface area contributed by atoms with E-state index in [1.807, 2.05) is 21.1 Å². The van der Waals surface area contributed by atoms with Gasteiger partial charge in [0.15, 0.2) is 6.10 Å². The van der Waals surface area contributed by atoms with Gasteiger partial charge in [-0.05, 0) is 57.8 Å². The summed E-state index contributed by atoms with van der Waals surface area (Å²) >= 11 is 0. The van der Waals surface area contributed by atoms with E-state index in [1.165, 1.54) is 327 Å². The SMILES string of the molecule is CC/C=C\C/C=C\C/C=C\C/C=C\C/C=C\CCCCCCCCCCCCCCCCCCCCCCCCCC(=O)OC(COC(=O)CCCCCCCCCCCCCCCCCCCCCCCCCCCCCCCCCCC)COC(OCC[N+](C)(C)C)C(=O)O. The van der Waals surface area contributed by atoms with Crippen molar-refractivity contribution in [2.24, 2.45) is 0 Å². The number of ether oxygens (including phenoxy) is 4. The van der Waals surface area contributed by atoms with Crippen molar-refractivity contribution in [3.8, 4) is 0 Å². The molecule has 2 atom stereocenters. The molecule has 0 saturated carbocycles. The number of carbonyl (C=O) groups excluding carboxylic acids is 2. The zero-order valence-electron chi connectivity index (χ0n) is 65.3. The van der Waals surface area contributed by atoms with E-state index in [-0.39, 0.29) is 38.2 Å². The number of nitrogens with zero attached hydrogens (tertiary/aromatic N) is 1. The van der Waals surface area contributed by atoms with Gasteiger partial charge < -0.3 is 28.5 Å². The van der Waals surface area contributed by atoms with Gasteiger partial charge in [-0.3, -0.25) is 9.59 Å². The summed E-state index contributed by atoms with van der Waals surface area (Å²) in [6.45, 7) is 4.85. The number of unbranched alkanes of at least 4 members (excludes halogenated alkanes) is 55. The average molecular weight is 1360 g/mol. The smallest absolute Gasteiger partial charge is 0.361 e. The van der Waals surface area contributed by atoms with Crippen molar-refractivity contribution in [2.45, 2.75) is 437 Å². The summed E-state index contributed by atoms with van der Waals surface area (Å²) in [7, 11) is 6.00. The molecule has 9 heteroatoms. The number of hydrogen-bond donors (Lipinski definition) is 1. The van der Waals surface area contributed by atoms with Gasteiger partial charge in [0.05, 0.1) is 34.4 Å². The Bertz CT molecular complexity index is 1780. The number of likely N-dealkylation sites (N-methyl/N-ethyl adjacent to an activating group) is 1. The van der Waals surface area contributed by atoms with Crippen LogP contribution in [0.2, 0.25) is 0 Å². The molecular formula is C88H164NO8+. The van der Waals surface area contributed by atoms with Gasteiger partial charge in [0.2, 0.25) is 0 Å². The van der Waals surface area contributed by atoms with E-state index in [9.17, 15) is 19.5 Å². The molecule has 0 aromatic rings.